The van der Waals surface area contributed by atoms with Crippen LogP contribution in [-0.4, -0.2) is 61.5 Å². The standard InChI is InChI=1S/C32H24O14/c1-42-22-8-13(2-4-17(22)34)30-25(12-43-32(41)15-6-19(36)27(38)20(37)7-15)44-21-5-3-14(9-23(21)45-30)31-29(40)28(39)26-18(35)10-16(33)11-24(26)46-31/h2-11,25,30,33-38,40H,12H2,1H3. The van der Waals surface area contributed by atoms with Gasteiger partial charge in [-0.3, -0.25) is 4.79 Å². The van der Waals surface area contributed by atoms with Crippen molar-refractivity contribution in [2.45, 2.75) is 12.2 Å². The van der Waals surface area contributed by atoms with Crippen molar-refractivity contribution in [3.8, 4) is 68.8 Å². The molecule has 14 nitrogen and oxygen atoms in total. The number of rotatable bonds is 6. The van der Waals surface area contributed by atoms with Crippen LogP contribution >= 0.6 is 0 Å². The molecular formula is C32H24O14. The van der Waals surface area contributed by atoms with Crippen LogP contribution in [0.5, 0.6) is 57.5 Å². The predicted molar refractivity (Wildman–Crippen MR) is 157 cm³/mol. The van der Waals surface area contributed by atoms with Crippen LogP contribution < -0.4 is 19.6 Å². The minimum atomic E-state index is -1.01. The first-order chi connectivity index (χ1) is 21.9. The zero-order valence-electron chi connectivity index (χ0n) is 23.6. The quantitative estimate of drug-likeness (QED) is 0.103. The molecule has 2 atom stereocenters. The Bertz CT molecular complexity index is 2060. The fourth-order valence-corrected chi connectivity index (χ4v) is 4.99. The summed E-state index contributed by atoms with van der Waals surface area (Å²) < 4.78 is 28.7. The van der Waals surface area contributed by atoms with E-state index in [2.05, 4.69) is 0 Å². The van der Waals surface area contributed by atoms with Crippen LogP contribution in [0.25, 0.3) is 22.3 Å². The molecule has 2 unspecified atom stereocenters. The highest BCUT2D eigenvalue weighted by atomic mass is 16.6. The van der Waals surface area contributed by atoms with E-state index in [4.69, 9.17) is 23.4 Å². The van der Waals surface area contributed by atoms with Gasteiger partial charge in [0, 0.05) is 23.3 Å². The zero-order valence-corrected chi connectivity index (χ0v) is 23.6. The van der Waals surface area contributed by atoms with Gasteiger partial charge in [0.05, 0.1) is 12.7 Å². The lowest BCUT2D eigenvalue weighted by Gasteiger charge is -2.34. The van der Waals surface area contributed by atoms with Crippen molar-refractivity contribution in [3.05, 3.63) is 82.0 Å². The summed E-state index contributed by atoms with van der Waals surface area (Å²) in [6, 6.07) is 12.6. The van der Waals surface area contributed by atoms with Gasteiger partial charge in [-0.25, -0.2) is 4.79 Å². The molecule has 2 heterocycles. The molecule has 4 aromatic carbocycles. The predicted octanol–water partition coefficient (Wildman–Crippen LogP) is 4.15. The van der Waals surface area contributed by atoms with E-state index in [9.17, 15) is 45.3 Å². The Morgan fingerprint density at radius 2 is 1.52 bits per heavy atom. The van der Waals surface area contributed by atoms with Gasteiger partial charge in [-0.2, -0.15) is 0 Å². The van der Waals surface area contributed by atoms with E-state index in [1.165, 1.54) is 43.5 Å². The summed E-state index contributed by atoms with van der Waals surface area (Å²) >= 11 is 0. The van der Waals surface area contributed by atoms with E-state index in [-0.39, 0.29) is 56.6 Å². The maximum atomic E-state index is 12.9. The minimum absolute atomic E-state index is 0.112. The highest BCUT2D eigenvalue weighted by Crippen LogP contribution is 2.45. The second kappa shape index (κ2) is 11.2. The summed E-state index contributed by atoms with van der Waals surface area (Å²) in [5.41, 5.74) is -0.778. The third-order valence-corrected chi connectivity index (χ3v) is 7.23. The summed E-state index contributed by atoms with van der Waals surface area (Å²) in [6.07, 6.45) is -2.01. The molecule has 7 N–H and O–H groups in total. The second-order valence-corrected chi connectivity index (χ2v) is 10.2. The van der Waals surface area contributed by atoms with Gasteiger partial charge in [-0.05, 0) is 42.5 Å². The topological polar surface area (TPSA) is 226 Å². The molecule has 0 amide bonds. The average Bonchev–Trinajstić information content (AvgIpc) is 3.03. The number of hydrogen-bond donors (Lipinski definition) is 7. The third kappa shape index (κ3) is 5.17. The van der Waals surface area contributed by atoms with Crippen molar-refractivity contribution in [3.63, 3.8) is 0 Å². The molecule has 1 aliphatic heterocycles. The third-order valence-electron chi connectivity index (χ3n) is 7.23. The Labute approximate surface area is 257 Å². The number of hydrogen-bond acceptors (Lipinski definition) is 14. The summed E-state index contributed by atoms with van der Waals surface area (Å²) in [6.45, 7) is -0.413. The van der Waals surface area contributed by atoms with Crippen LogP contribution in [0.3, 0.4) is 0 Å². The monoisotopic (exact) mass is 632 g/mol. The van der Waals surface area contributed by atoms with E-state index in [0.717, 1.165) is 24.3 Å². The number of carbonyl (C=O) groups is 1. The van der Waals surface area contributed by atoms with Gasteiger partial charge in [0.25, 0.3) is 0 Å². The van der Waals surface area contributed by atoms with Crippen LogP contribution in [-0.2, 0) is 4.74 Å². The number of esters is 1. The summed E-state index contributed by atoms with van der Waals surface area (Å²) in [5, 5.41) is 69.6. The molecule has 0 fully saturated rings. The number of carbonyl (C=O) groups excluding carboxylic acids is 1. The molecule has 0 spiro atoms. The molecule has 0 saturated heterocycles. The normalized spacial score (nSPS) is 15.4. The van der Waals surface area contributed by atoms with E-state index in [1.54, 1.807) is 0 Å². The second-order valence-electron chi connectivity index (χ2n) is 10.2. The molecular weight excluding hydrogens is 608 g/mol. The van der Waals surface area contributed by atoms with Crippen LogP contribution in [0, 0.1) is 0 Å². The van der Waals surface area contributed by atoms with Gasteiger partial charge < -0.3 is 59.1 Å². The van der Waals surface area contributed by atoms with Gasteiger partial charge >= 0.3 is 5.97 Å². The summed E-state index contributed by atoms with van der Waals surface area (Å²) in [7, 11) is 1.35. The number of ether oxygens (including phenoxy) is 4. The number of phenols is 6. The lowest BCUT2D eigenvalue weighted by molar-refractivity contribution is -0.0255. The Morgan fingerprint density at radius 3 is 2.24 bits per heavy atom. The maximum absolute atomic E-state index is 12.9. The summed E-state index contributed by atoms with van der Waals surface area (Å²) in [5.74, 6) is -5.02. The van der Waals surface area contributed by atoms with Crippen molar-refractivity contribution < 1.29 is 63.9 Å². The molecule has 5 aromatic rings. The Kier molecular flexibility index (Phi) is 7.24. The first-order valence-corrected chi connectivity index (χ1v) is 13.4. The van der Waals surface area contributed by atoms with Gasteiger partial charge in [0.1, 0.15) is 29.1 Å². The van der Waals surface area contributed by atoms with Crippen molar-refractivity contribution in [1.29, 1.82) is 0 Å². The molecule has 0 bridgehead atoms. The van der Waals surface area contributed by atoms with Crippen LogP contribution in [0.4, 0.5) is 0 Å². The lowest BCUT2D eigenvalue weighted by atomic mass is 10.0. The Morgan fingerprint density at radius 1 is 0.783 bits per heavy atom. The molecule has 236 valence electrons. The molecule has 14 heteroatoms. The fraction of sp³-hybridized carbons (Fsp3) is 0.125. The molecule has 0 aliphatic carbocycles. The highest BCUT2D eigenvalue weighted by Gasteiger charge is 2.35. The van der Waals surface area contributed by atoms with Gasteiger partial charge in [0.15, 0.2) is 58.2 Å². The van der Waals surface area contributed by atoms with Crippen LogP contribution in [0.15, 0.2) is 69.9 Å². The molecule has 1 aliphatic rings. The van der Waals surface area contributed by atoms with E-state index in [1.807, 2.05) is 0 Å². The van der Waals surface area contributed by atoms with Gasteiger partial charge in [-0.15, -0.1) is 0 Å². The SMILES string of the molecule is COc1cc(C2Oc3cc(-c4oc5cc(O)cc(O)c5c(=O)c4O)ccc3OC2COC(=O)c2cc(O)c(O)c(O)c2)ccc1O. The average molecular weight is 633 g/mol. The highest BCUT2D eigenvalue weighted by molar-refractivity contribution is 5.91. The number of aromatic hydroxyl groups is 7. The molecule has 0 radical (unpaired) electrons. The van der Waals surface area contributed by atoms with E-state index < -0.39 is 59.0 Å². The molecule has 0 saturated carbocycles. The van der Waals surface area contributed by atoms with E-state index >= 15 is 0 Å². The number of methoxy groups -OCH3 is 1. The van der Waals surface area contributed by atoms with Crippen LogP contribution in [0.1, 0.15) is 22.0 Å². The van der Waals surface area contributed by atoms with Crippen molar-refractivity contribution in [2.75, 3.05) is 13.7 Å². The van der Waals surface area contributed by atoms with E-state index in [0.29, 0.717) is 5.56 Å². The smallest absolute Gasteiger partial charge is 0.338 e. The first kappa shape index (κ1) is 29.6. The van der Waals surface area contributed by atoms with Crippen LogP contribution in [0.2, 0.25) is 0 Å². The maximum Gasteiger partial charge on any atom is 0.338 e. The van der Waals surface area contributed by atoms with Crippen molar-refractivity contribution in [1.82, 2.24) is 0 Å². The number of benzene rings is 4. The number of fused-ring (bicyclic) bond motifs is 2. The lowest BCUT2D eigenvalue weighted by Crippen LogP contribution is -2.37. The van der Waals surface area contributed by atoms with Gasteiger partial charge in [0.2, 0.25) is 11.2 Å². The Balaban J connectivity index is 1.36. The van der Waals surface area contributed by atoms with Crippen molar-refractivity contribution in [2.24, 2.45) is 0 Å². The molecule has 46 heavy (non-hydrogen) atoms. The van der Waals surface area contributed by atoms with Crippen molar-refractivity contribution >= 4 is 16.9 Å². The Hall–Kier alpha value is -6.44. The zero-order chi connectivity index (χ0) is 32.9. The summed E-state index contributed by atoms with van der Waals surface area (Å²) in [4.78, 5) is 25.6. The molecule has 6 rings (SSSR count). The number of phenolic OH excluding ortho intramolecular Hbond substituents is 6. The molecule has 1 aromatic heterocycles. The fourth-order valence-electron chi connectivity index (χ4n) is 4.99. The first-order valence-electron chi connectivity index (χ1n) is 13.4. The minimum Gasteiger partial charge on any atom is -0.508 e. The van der Waals surface area contributed by atoms with Gasteiger partial charge in [-0.1, -0.05) is 6.07 Å². The largest absolute Gasteiger partial charge is 0.508 e.